The summed E-state index contributed by atoms with van der Waals surface area (Å²) in [5, 5.41) is 57.2. The lowest BCUT2D eigenvalue weighted by Gasteiger charge is -2.42. The maximum Gasteiger partial charge on any atom is 0.410 e. The lowest BCUT2D eigenvalue weighted by atomic mass is 9.67. The summed E-state index contributed by atoms with van der Waals surface area (Å²) in [6.45, 7) is -4.30. The van der Waals surface area contributed by atoms with Gasteiger partial charge in [-0.25, -0.2) is 0 Å². The minimum atomic E-state index is -6.01. The van der Waals surface area contributed by atoms with Gasteiger partial charge in [-0.3, -0.25) is 0 Å². The van der Waals surface area contributed by atoms with Crippen molar-refractivity contribution in [2.45, 2.75) is 37.4 Å². The molecule has 1 atom stereocenters. The second-order valence-corrected chi connectivity index (χ2v) is 7.03. The Bertz CT molecular complexity index is 848. The highest BCUT2D eigenvalue weighted by atomic mass is 19.4. The summed E-state index contributed by atoms with van der Waals surface area (Å²) in [5.41, 5.74) is -9.39. The zero-order valence-corrected chi connectivity index (χ0v) is 15.8. The van der Waals surface area contributed by atoms with Crippen LogP contribution >= 0.6 is 0 Å². The smallest absolute Gasteiger partial charge is 0.410 e. The van der Waals surface area contributed by atoms with Crippen molar-refractivity contribution in [3.63, 3.8) is 0 Å². The van der Waals surface area contributed by atoms with Crippen LogP contribution in [0.2, 0.25) is 0 Å². The van der Waals surface area contributed by atoms with E-state index in [0.717, 1.165) is 0 Å². The zero-order chi connectivity index (χ0) is 23.8. The first-order chi connectivity index (χ1) is 14.3. The van der Waals surface area contributed by atoms with Crippen molar-refractivity contribution in [1.29, 1.82) is 0 Å². The van der Waals surface area contributed by atoms with Gasteiger partial charge in [-0.15, -0.1) is 0 Å². The van der Waals surface area contributed by atoms with Crippen molar-refractivity contribution >= 4 is 0 Å². The van der Waals surface area contributed by atoms with Crippen molar-refractivity contribution in [2.75, 3.05) is 13.2 Å². The molecule has 1 aliphatic rings. The van der Waals surface area contributed by atoms with E-state index in [1.807, 2.05) is 0 Å². The van der Waals surface area contributed by atoms with Gasteiger partial charge in [0.1, 0.15) is 11.5 Å². The summed E-state index contributed by atoms with van der Waals surface area (Å²) in [4.78, 5) is 0. The number of hydrogen-bond donors (Lipinski definition) is 6. The Morgan fingerprint density at radius 1 is 0.806 bits per heavy atom. The molecular formula is C19H20F6O6. The average molecular weight is 458 g/mol. The number of rotatable bonds is 6. The first-order valence-corrected chi connectivity index (χ1v) is 8.85. The molecule has 12 heteroatoms. The normalized spacial score (nSPS) is 18.4. The maximum absolute atomic E-state index is 14.3. The number of benzene rings is 1. The van der Waals surface area contributed by atoms with E-state index < -0.39 is 95.9 Å². The molecule has 2 rings (SSSR count). The number of aromatic hydroxyl groups is 1. The number of halogens is 6. The largest absolute Gasteiger partial charge is 0.512 e. The molecule has 0 saturated carbocycles. The molecule has 0 saturated heterocycles. The van der Waals surface area contributed by atoms with Crippen LogP contribution in [0, 0.1) is 5.92 Å². The van der Waals surface area contributed by atoms with Gasteiger partial charge in [0.05, 0.1) is 26.4 Å². The van der Waals surface area contributed by atoms with E-state index in [1.54, 1.807) is 0 Å². The molecule has 0 amide bonds. The van der Waals surface area contributed by atoms with Crippen LogP contribution in [-0.4, -0.2) is 56.2 Å². The molecule has 0 heterocycles. The minimum Gasteiger partial charge on any atom is -0.512 e. The molecule has 1 aromatic rings. The third-order valence-corrected chi connectivity index (χ3v) is 5.29. The zero-order valence-electron chi connectivity index (χ0n) is 15.8. The summed E-state index contributed by atoms with van der Waals surface area (Å²) < 4.78 is 85.9. The van der Waals surface area contributed by atoms with Gasteiger partial charge in [-0.2, -0.15) is 26.3 Å². The molecule has 1 aromatic carbocycles. The Hall–Kier alpha value is -2.28. The molecule has 6 N–H and O–H groups in total. The molecular weight excluding hydrogens is 438 g/mol. The molecule has 31 heavy (non-hydrogen) atoms. The lowest BCUT2D eigenvalue weighted by molar-refractivity contribution is -0.291. The highest BCUT2D eigenvalue weighted by molar-refractivity contribution is 5.53. The van der Waals surface area contributed by atoms with Crippen LogP contribution in [0.1, 0.15) is 23.1 Å². The molecule has 1 unspecified atom stereocenters. The van der Waals surface area contributed by atoms with Crippen LogP contribution < -0.4 is 0 Å². The first kappa shape index (κ1) is 25.0. The van der Waals surface area contributed by atoms with Gasteiger partial charge in [0.2, 0.25) is 5.41 Å². The van der Waals surface area contributed by atoms with Gasteiger partial charge < -0.3 is 30.6 Å². The number of hydrogen-bond acceptors (Lipinski definition) is 6. The third-order valence-electron chi connectivity index (χ3n) is 5.29. The van der Waals surface area contributed by atoms with Crippen LogP contribution in [0.15, 0.2) is 35.1 Å². The fraction of sp³-hybridized carbons (Fsp3) is 0.474. The molecule has 0 bridgehead atoms. The predicted molar refractivity (Wildman–Crippen MR) is 93.8 cm³/mol. The highest BCUT2D eigenvalue weighted by Gasteiger charge is 2.73. The topological polar surface area (TPSA) is 121 Å². The fourth-order valence-electron chi connectivity index (χ4n) is 3.76. The number of aliphatic hydroxyl groups excluding tert-OH is 5. The Balaban J connectivity index is 3.01. The maximum atomic E-state index is 14.3. The second kappa shape index (κ2) is 8.69. The van der Waals surface area contributed by atoms with E-state index >= 15 is 0 Å². The van der Waals surface area contributed by atoms with Crippen molar-refractivity contribution < 1.29 is 57.0 Å². The Morgan fingerprint density at radius 3 is 1.65 bits per heavy atom. The minimum absolute atomic E-state index is 0.334. The summed E-state index contributed by atoms with van der Waals surface area (Å²) in [6, 6.07) is 0.669. The van der Waals surface area contributed by atoms with Gasteiger partial charge in [-0.05, 0) is 29.7 Å². The standard InChI is InChI=1S/C19H20F6O6/c20-18(21,22)17(19(23,24)25,13-1-9(5-26)15(30)10(2-13)6-27)14-3-11(7-28)16(31)12(4-14)8-29/h1-3,12,26-31H,4-8H2. The molecule has 0 aliphatic heterocycles. The Kier molecular flexibility index (Phi) is 7.00. The number of allylic oxidation sites excluding steroid dienone is 1. The van der Waals surface area contributed by atoms with E-state index in [4.69, 9.17) is 0 Å². The van der Waals surface area contributed by atoms with Crippen molar-refractivity contribution in [2.24, 2.45) is 5.92 Å². The number of alkyl halides is 6. The Morgan fingerprint density at radius 2 is 1.29 bits per heavy atom. The molecule has 0 aromatic heterocycles. The highest BCUT2D eigenvalue weighted by Crippen LogP contribution is 2.59. The van der Waals surface area contributed by atoms with Crippen molar-refractivity contribution in [3.05, 3.63) is 51.8 Å². The average Bonchev–Trinajstić information content (AvgIpc) is 2.67. The van der Waals surface area contributed by atoms with E-state index in [0.29, 0.717) is 18.2 Å². The summed E-state index contributed by atoms with van der Waals surface area (Å²) in [6.07, 6.45) is -12.7. The van der Waals surface area contributed by atoms with Crippen molar-refractivity contribution in [3.8, 4) is 5.75 Å². The number of phenols is 1. The van der Waals surface area contributed by atoms with E-state index in [2.05, 4.69) is 0 Å². The SMILES string of the molecule is OCC1=C(O)C(CO)CC(C(c2cc(CO)c(O)c(CO)c2)(C(F)(F)F)C(F)(F)F)=C1. The monoisotopic (exact) mass is 458 g/mol. The van der Waals surface area contributed by atoms with E-state index in [-0.39, 0.29) is 0 Å². The van der Waals surface area contributed by atoms with Gasteiger partial charge in [0.15, 0.2) is 0 Å². The van der Waals surface area contributed by atoms with Crippen LogP contribution in [0.25, 0.3) is 0 Å². The molecule has 0 spiro atoms. The lowest BCUT2D eigenvalue weighted by Crippen LogP contribution is -2.56. The van der Waals surface area contributed by atoms with Gasteiger partial charge in [0.25, 0.3) is 0 Å². The van der Waals surface area contributed by atoms with E-state index in [1.165, 1.54) is 0 Å². The first-order valence-electron chi connectivity index (χ1n) is 8.85. The quantitative estimate of drug-likeness (QED) is 0.365. The molecule has 6 nitrogen and oxygen atoms in total. The van der Waals surface area contributed by atoms with Crippen LogP contribution in [0.3, 0.4) is 0 Å². The summed E-state index contributed by atoms with van der Waals surface area (Å²) in [7, 11) is 0. The van der Waals surface area contributed by atoms with Crippen LogP contribution in [0.4, 0.5) is 26.3 Å². The summed E-state index contributed by atoms with van der Waals surface area (Å²) in [5.74, 6) is -3.12. The van der Waals surface area contributed by atoms with Gasteiger partial charge >= 0.3 is 12.4 Å². The van der Waals surface area contributed by atoms with E-state index in [9.17, 15) is 57.0 Å². The molecule has 0 fully saturated rings. The Labute approximate surface area is 172 Å². The van der Waals surface area contributed by atoms with Gasteiger partial charge in [-0.1, -0.05) is 6.08 Å². The van der Waals surface area contributed by atoms with Gasteiger partial charge in [0, 0.05) is 22.6 Å². The third kappa shape index (κ3) is 4.00. The fourth-order valence-corrected chi connectivity index (χ4v) is 3.76. The molecule has 1 aliphatic carbocycles. The van der Waals surface area contributed by atoms with Crippen LogP contribution in [0.5, 0.6) is 5.75 Å². The second-order valence-electron chi connectivity index (χ2n) is 7.03. The predicted octanol–water partition coefficient (Wildman–Crippen LogP) is 2.48. The molecule has 174 valence electrons. The number of aliphatic hydroxyl groups is 5. The molecule has 0 radical (unpaired) electrons. The summed E-state index contributed by atoms with van der Waals surface area (Å²) >= 11 is 0. The van der Waals surface area contributed by atoms with Crippen LogP contribution in [-0.2, 0) is 18.6 Å². The van der Waals surface area contributed by atoms with Crippen molar-refractivity contribution in [1.82, 2.24) is 0 Å².